The van der Waals surface area contributed by atoms with Gasteiger partial charge in [0.25, 0.3) is 5.91 Å². The fourth-order valence-electron chi connectivity index (χ4n) is 2.71. The SMILES string of the molecule is C=CC[C@H]1CC(C)=C[C@H](CC=C)N1C(=O)c1ncn[nH]1. The van der Waals surface area contributed by atoms with Crippen LogP contribution in [0.1, 0.15) is 36.8 Å². The molecule has 1 aromatic heterocycles. The summed E-state index contributed by atoms with van der Waals surface area (Å²) in [6.07, 6.45) is 9.53. The van der Waals surface area contributed by atoms with E-state index in [0.29, 0.717) is 0 Å². The van der Waals surface area contributed by atoms with E-state index < -0.39 is 0 Å². The zero-order chi connectivity index (χ0) is 14.5. The Hall–Kier alpha value is -2.17. The number of H-pyrrole nitrogens is 1. The first-order valence-corrected chi connectivity index (χ1v) is 6.74. The Bertz CT molecular complexity index is 518. The second kappa shape index (κ2) is 6.32. The summed E-state index contributed by atoms with van der Waals surface area (Å²) in [6, 6.07) is 0.129. The van der Waals surface area contributed by atoms with Crippen LogP contribution in [-0.4, -0.2) is 38.1 Å². The highest BCUT2D eigenvalue weighted by Crippen LogP contribution is 2.27. The summed E-state index contributed by atoms with van der Waals surface area (Å²) < 4.78 is 0. The smallest absolute Gasteiger partial charge is 0.291 e. The van der Waals surface area contributed by atoms with Crippen molar-refractivity contribution in [3.63, 3.8) is 0 Å². The summed E-state index contributed by atoms with van der Waals surface area (Å²) in [5.41, 5.74) is 1.30. The molecule has 1 aliphatic rings. The van der Waals surface area contributed by atoms with Crippen LogP contribution in [0.5, 0.6) is 0 Å². The zero-order valence-corrected chi connectivity index (χ0v) is 11.7. The van der Waals surface area contributed by atoms with Gasteiger partial charge in [0.05, 0.1) is 6.04 Å². The van der Waals surface area contributed by atoms with Crippen molar-refractivity contribution in [3.05, 3.63) is 49.1 Å². The van der Waals surface area contributed by atoms with Gasteiger partial charge in [-0.2, -0.15) is 5.10 Å². The standard InChI is InChI=1S/C15H20N4O/c1-4-6-12-8-11(3)9-13(7-5-2)19(12)15(20)14-16-10-17-18-14/h4-5,8,10,12-13H,1-2,6-7,9H2,3H3,(H,16,17,18)/t12-,13-/m0/s1. The highest BCUT2D eigenvalue weighted by molar-refractivity contribution is 5.91. The molecule has 2 rings (SSSR count). The number of nitrogens with one attached hydrogen (secondary N) is 1. The molecule has 2 heterocycles. The molecule has 5 heteroatoms. The van der Waals surface area contributed by atoms with Crippen LogP contribution in [0.2, 0.25) is 0 Å². The number of rotatable bonds is 5. The number of hydrogen-bond acceptors (Lipinski definition) is 3. The Labute approximate surface area is 119 Å². The van der Waals surface area contributed by atoms with Crippen molar-refractivity contribution in [1.82, 2.24) is 20.1 Å². The molecule has 2 atom stereocenters. The Kier molecular flexibility index (Phi) is 4.50. The van der Waals surface area contributed by atoms with Crippen LogP contribution < -0.4 is 0 Å². The second-order valence-corrected chi connectivity index (χ2v) is 5.03. The molecule has 0 saturated carbocycles. The lowest BCUT2D eigenvalue weighted by atomic mass is 9.92. The minimum Gasteiger partial charge on any atom is -0.326 e. The van der Waals surface area contributed by atoms with Gasteiger partial charge in [0, 0.05) is 6.04 Å². The summed E-state index contributed by atoms with van der Waals surface area (Å²) >= 11 is 0. The van der Waals surface area contributed by atoms with Crippen LogP contribution in [0.25, 0.3) is 0 Å². The average molecular weight is 272 g/mol. The van der Waals surface area contributed by atoms with E-state index in [0.717, 1.165) is 19.3 Å². The second-order valence-electron chi connectivity index (χ2n) is 5.03. The average Bonchev–Trinajstić information content (AvgIpc) is 2.92. The van der Waals surface area contributed by atoms with Crippen molar-refractivity contribution >= 4 is 5.91 Å². The summed E-state index contributed by atoms with van der Waals surface area (Å²) in [7, 11) is 0. The predicted molar refractivity (Wildman–Crippen MR) is 78.1 cm³/mol. The quantitative estimate of drug-likeness (QED) is 0.838. The van der Waals surface area contributed by atoms with Gasteiger partial charge in [0.1, 0.15) is 6.33 Å². The Morgan fingerprint density at radius 1 is 1.50 bits per heavy atom. The van der Waals surface area contributed by atoms with Crippen LogP contribution in [-0.2, 0) is 0 Å². The van der Waals surface area contributed by atoms with Gasteiger partial charge in [0.2, 0.25) is 5.82 Å². The van der Waals surface area contributed by atoms with Crippen LogP contribution in [0.4, 0.5) is 0 Å². The lowest BCUT2D eigenvalue weighted by Gasteiger charge is -2.39. The first-order chi connectivity index (χ1) is 9.67. The minimum atomic E-state index is -0.120. The van der Waals surface area contributed by atoms with E-state index in [-0.39, 0.29) is 23.8 Å². The highest BCUT2D eigenvalue weighted by Gasteiger charge is 2.33. The molecule has 20 heavy (non-hydrogen) atoms. The third kappa shape index (κ3) is 2.87. The van der Waals surface area contributed by atoms with Crippen LogP contribution in [0, 0.1) is 0 Å². The molecule has 106 valence electrons. The predicted octanol–water partition coefficient (Wildman–Crippen LogP) is 2.49. The van der Waals surface area contributed by atoms with Gasteiger partial charge in [-0.05, 0) is 26.2 Å². The van der Waals surface area contributed by atoms with E-state index in [2.05, 4.69) is 41.3 Å². The van der Waals surface area contributed by atoms with Crippen LogP contribution in [0.3, 0.4) is 0 Å². The lowest BCUT2D eigenvalue weighted by Crippen LogP contribution is -2.49. The Balaban J connectivity index is 2.33. The fraction of sp³-hybridized carbons (Fsp3) is 0.400. The minimum absolute atomic E-state index is 0.0174. The van der Waals surface area contributed by atoms with E-state index >= 15 is 0 Å². The van der Waals surface area contributed by atoms with Crippen molar-refractivity contribution in [2.75, 3.05) is 0 Å². The van der Waals surface area contributed by atoms with Crippen molar-refractivity contribution in [1.29, 1.82) is 0 Å². The van der Waals surface area contributed by atoms with E-state index in [4.69, 9.17) is 0 Å². The monoisotopic (exact) mass is 272 g/mol. The zero-order valence-electron chi connectivity index (χ0n) is 11.7. The molecular weight excluding hydrogens is 252 g/mol. The first-order valence-electron chi connectivity index (χ1n) is 6.74. The molecule has 0 unspecified atom stereocenters. The molecule has 1 N–H and O–H groups in total. The number of carbonyl (C=O) groups excluding carboxylic acids is 1. The van der Waals surface area contributed by atoms with Crippen molar-refractivity contribution in [3.8, 4) is 0 Å². The van der Waals surface area contributed by atoms with Gasteiger partial charge < -0.3 is 4.90 Å². The first kappa shape index (κ1) is 14.2. The molecule has 5 nitrogen and oxygen atoms in total. The molecule has 0 bridgehead atoms. The van der Waals surface area contributed by atoms with Crippen molar-refractivity contribution in [2.24, 2.45) is 0 Å². The molecule has 1 aliphatic heterocycles. The third-order valence-corrected chi connectivity index (χ3v) is 3.48. The number of nitrogens with zero attached hydrogens (tertiary/aromatic N) is 3. The van der Waals surface area contributed by atoms with Gasteiger partial charge in [-0.25, -0.2) is 4.98 Å². The van der Waals surface area contributed by atoms with Gasteiger partial charge in [-0.1, -0.05) is 23.8 Å². The normalized spacial score (nSPS) is 22.2. The molecule has 0 spiro atoms. The van der Waals surface area contributed by atoms with E-state index in [1.165, 1.54) is 11.9 Å². The summed E-state index contributed by atoms with van der Waals surface area (Å²) in [5, 5.41) is 6.40. The number of hydrogen-bond donors (Lipinski definition) is 1. The molecule has 0 saturated heterocycles. The van der Waals surface area contributed by atoms with Gasteiger partial charge in [-0.15, -0.1) is 13.2 Å². The maximum atomic E-state index is 12.6. The van der Waals surface area contributed by atoms with Gasteiger partial charge in [-0.3, -0.25) is 9.89 Å². The number of aromatic amines is 1. The number of amides is 1. The highest BCUT2D eigenvalue weighted by atomic mass is 16.2. The molecular formula is C15H20N4O. The molecule has 1 aromatic rings. The van der Waals surface area contributed by atoms with Crippen molar-refractivity contribution in [2.45, 2.75) is 38.3 Å². The van der Waals surface area contributed by atoms with E-state index in [9.17, 15) is 4.79 Å². The number of aromatic nitrogens is 3. The summed E-state index contributed by atoms with van der Waals surface area (Å²) in [6.45, 7) is 9.68. The fourth-order valence-corrected chi connectivity index (χ4v) is 2.71. The summed E-state index contributed by atoms with van der Waals surface area (Å²) in [5.74, 6) is 0.158. The molecule has 1 amide bonds. The van der Waals surface area contributed by atoms with Crippen LogP contribution in [0.15, 0.2) is 43.3 Å². The molecule has 0 aliphatic carbocycles. The molecule has 0 radical (unpaired) electrons. The maximum absolute atomic E-state index is 12.6. The number of carbonyl (C=O) groups is 1. The van der Waals surface area contributed by atoms with E-state index in [1.54, 1.807) is 0 Å². The molecule has 0 aromatic carbocycles. The summed E-state index contributed by atoms with van der Waals surface area (Å²) in [4.78, 5) is 18.5. The van der Waals surface area contributed by atoms with Gasteiger partial charge in [0.15, 0.2) is 0 Å². The topological polar surface area (TPSA) is 61.9 Å². The largest absolute Gasteiger partial charge is 0.326 e. The third-order valence-electron chi connectivity index (χ3n) is 3.48. The van der Waals surface area contributed by atoms with Crippen molar-refractivity contribution < 1.29 is 4.79 Å². The van der Waals surface area contributed by atoms with Crippen LogP contribution >= 0.6 is 0 Å². The lowest BCUT2D eigenvalue weighted by molar-refractivity contribution is 0.0589. The Morgan fingerprint density at radius 2 is 2.25 bits per heavy atom. The van der Waals surface area contributed by atoms with Gasteiger partial charge >= 0.3 is 0 Å². The maximum Gasteiger partial charge on any atom is 0.291 e. The molecule has 0 fully saturated rings. The Morgan fingerprint density at radius 3 is 2.85 bits per heavy atom. The van der Waals surface area contributed by atoms with E-state index in [1.807, 2.05) is 17.1 Å².